The molecule has 0 saturated carbocycles. The molecule has 1 unspecified atom stereocenters. The van der Waals surface area contributed by atoms with Crippen LogP contribution in [-0.2, 0) is 14.3 Å². The highest BCUT2D eigenvalue weighted by atomic mass is 16.5. The third-order valence-electron chi connectivity index (χ3n) is 7.82. The molecule has 0 bridgehead atoms. The molecule has 0 heterocycles. The van der Waals surface area contributed by atoms with Gasteiger partial charge in [-0.15, -0.1) is 0 Å². The largest absolute Gasteiger partial charge is 0.481 e. The zero-order chi connectivity index (χ0) is 30.8. The molecule has 0 fully saturated rings. The highest BCUT2D eigenvalue weighted by molar-refractivity contribution is 5.69. The van der Waals surface area contributed by atoms with E-state index < -0.39 is 5.97 Å². The number of aliphatic carboxylic acids is 1. The fourth-order valence-electron chi connectivity index (χ4n) is 5.13. The van der Waals surface area contributed by atoms with Gasteiger partial charge in [0.05, 0.1) is 0 Å². The summed E-state index contributed by atoms with van der Waals surface area (Å²) in [5.41, 5.74) is 0. The molecule has 4 heteroatoms. The van der Waals surface area contributed by atoms with Crippen LogP contribution in [0.1, 0.15) is 187 Å². The minimum atomic E-state index is -0.728. The fraction of sp³-hybridized carbons (Fsp3) is 0.789. The minimum Gasteiger partial charge on any atom is -0.481 e. The number of carboxylic acid groups (broad SMARTS) is 1. The van der Waals surface area contributed by atoms with E-state index in [0.717, 1.165) is 51.4 Å². The van der Waals surface area contributed by atoms with Crippen molar-refractivity contribution < 1.29 is 19.4 Å². The summed E-state index contributed by atoms with van der Waals surface area (Å²) < 4.78 is 5.84. The molecule has 1 N–H and O–H groups in total. The Kier molecular flexibility index (Phi) is 32.2. The number of carbonyl (C=O) groups is 2. The van der Waals surface area contributed by atoms with Crippen molar-refractivity contribution in [1.82, 2.24) is 0 Å². The lowest BCUT2D eigenvalue weighted by atomic mass is 10.1. The van der Waals surface area contributed by atoms with Gasteiger partial charge < -0.3 is 9.84 Å². The molecule has 0 aromatic heterocycles. The first-order valence-electron chi connectivity index (χ1n) is 18.0. The smallest absolute Gasteiger partial charge is 0.306 e. The quantitative estimate of drug-likeness (QED) is 0.0482. The number of carbonyl (C=O) groups excluding carboxylic acids is 1. The lowest BCUT2D eigenvalue weighted by Gasteiger charge is -2.14. The molecule has 1 atom stereocenters. The van der Waals surface area contributed by atoms with Gasteiger partial charge in [0.2, 0.25) is 0 Å². The molecule has 0 aromatic rings. The van der Waals surface area contributed by atoms with Crippen molar-refractivity contribution in [3.05, 3.63) is 36.5 Å². The molecule has 0 aromatic carbocycles. The summed E-state index contributed by atoms with van der Waals surface area (Å²) in [4.78, 5) is 23.2. The van der Waals surface area contributed by atoms with Gasteiger partial charge in [-0.25, -0.2) is 0 Å². The summed E-state index contributed by atoms with van der Waals surface area (Å²) in [5.74, 6) is -0.815. The maximum atomic E-state index is 12.5. The summed E-state index contributed by atoms with van der Waals surface area (Å²) in [6.07, 6.45) is 43.1. The molecule has 0 saturated heterocycles. The predicted octanol–water partition coefficient (Wildman–Crippen LogP) is 12.2. The van der Waals surface area contributed by atoms with Crippen molar-refractivity contribution in [3.63, 3.8) is 0 Å². The van der Waals surface area contributed by atoms with E-state index >= 15 is 0 Å². The van der Waals surface area contributed by atoms with Crippen molar-refractivity contribution in [2.24, 2.45) is 0 Å². The van der Waals surface area contributed by atoms with Crippen LogP contribution in [0, 0.1) is 0 Å². The monoisotopic (exact) mass is 589 g/mol. The number of unbranched alkanes of at least 4 members (excludes halogenated alkanes) is 19. The number of ether oxygens (including phenoxy) is 1. The topological polar surface area (TPSA) is 63.6 Å². The van der Waals surface area contributed by atoms with E-state index in [1.807, 2.05) is 0 Å². The van der Waals surface area contributed by atoms with Crippen molar-refractivity contribution in [2.75, 3.05) is 0 Å². The van der Waals surface area contributed by atoms with Crippen LogP contribution in [0.3, 0.4) is 0 Å². The van der Waals surface area contributed by atoms with Gasteiger partial charge in [-0.1, -0.05) is 134 Å². The van der Waals surface area contributed by atoms with E-state index in [9.17, 15) is 9.59 Å². The number of allylic oxidation sites excluding steroid dienone is 5. The Balaban J connectivity index is 4.06. The van der Waals surface area contributed by atoms with Gasteiger partial charge >= 0.3 is 11.9 Å². The number of hydrogen-bond acceptors (Lipinski definition) is 3. The summed E-state index contributed by atoms with van der Waals surface area (Å²) in [5, 5.41) is 8.81. The van der Waals surface area contributed by atoms with Gasteiger partial charge in [-0.05, 0) is 76.7 Å². The lowest BCUT2D eigenvalue weighted by molar-refractivity contribution is -0.147. The third kappa shape index (κ3) is 32.7. The average Bonchev–Trinajstić information content (AvgIpc) is 2.97. The minimum absolute atomic E-state index is 0.0877. The van der Waals surface area contributed by atoms with Gasteiger partial charge in [-0.2, -0.15) is 0 Å². The predicted molar refractivity (Wildman–Crippen MR) is 181 cm³/mol. The van der Waals surface area contributed by atoms with Crippen LogP contribution in [0.4, 0.5) is 0 Å². The van der Waals surface area contributed by atoms with Crippen LogP contribution in [0.15, 0.2) is 36.5 Å². The number of esters is 1. The molecule has 0 rings (SSSR count). The normalized spacial score (nSPS) is 12.6. The van der Waals surface area contributed by atoms with Crippen LogP contribution in [-0.4, -0.2) is 23.1 Å². The lowest BCUT2D eigenvalue weighted by Crippen LogP contribution is -2.16. The Morgan fingerprint density at radius 2 is 1.00 bits per heavy atom. The molecule has 42 heavy (non-hydrogen) atoms. The van der Waals surface area contributed by atoms with Gasteiger partial charge in [0, 0.05) is 12.8 Å². The number of carboxylic acids is 1. The van der Waals surface area contributed by atoms with Crippen LogP contribution in [0.2, 0.25) is 0 Å². The molecule has 0 spiro atoms. The molecular formula is C38H68O4. The van der Waals surface area contributed by atoms with Crippen molar-refractivity contribution >= 4 is 11.9 Å². The van der Waals surface area contributed by atoms with E-state index in [2.05, 4.69) is 50.3 Å². The first-order chi connectivity index (χ1) is 20.6. The highest BCUT2D eigenvalue weighted by Crippen LogP contribution is 2.15. The second-order valence-corrected chi connectivity index (χ2v) is 12.0. The van der Waals surface area contributed by atoms with Crippen LogP contribution in [0.5, 0.6) is 0 Å². The Labute approximate surface area is 260 Å². The second kappa shape index (κ2) is 33.7. The highest BCUT2D eigenvalue weighted by Gasteiger charge is 2.11. The van der Waals surface area contributed by atoms with Crippen LogP contribution in [0.25, 0.3) is 0 Å². The number of hydrogen-bond donors (Lipinski definition) is 1. The summed E-state index contributed by atoms with van der Waals surface area (Å²) >= 11 is 0. The zero-order valence-electron chi connectivity index (χ0n) is 27.8. The van der Waals surface area contributed by atoms with E-state index in [1.54, 1.807) is 0 Å². The van der Waals surface area contributed by atoms with Gasteiger partial charge in [-0.3, -0.25) is 9.59 Å². The maximum Gasteiger partial charge on any atom is 0.306 e. The Bertz CT molecular complexity index is 679. The zero-order valence-corrected chi connectivity index (χ0v) is 27.8. The van der Waals surface area contributed by atoms with E-state index in [0.29, 0.717) is 12.8 Å². The van der Waals surface area contributed by atoms with Gasteiger partial charge in [0.15, 0.2) is 0 Å². The molecule has 4 nitrogen and oxygen atoms in total. The molecule has 0 radical (unpaired) electrons. The maximum absolute atomic E-state index is 12.5. The summed E-state index contributed by atoms with van der Waals surface area (Å²) in [6, 6.07) is 0. The average molecular weight is 589 g/mol. The molecule has 0 aliphatic heterocycles. The Morgan fingerprint density at radius 3 is 1.57 bits per heavy atom. The van der Waals surface area contributed by atoms with E-state index in [1.165, 1.54) is 103 Å². The van der Waals surface area contributed by atoms with Crippen molar-refractivity contribution in [2.45, 2.75) is 193 Å². The van der Waals surface area contributed by atoms with Crippen LogP contribution >= 0.6 is 0 Å². The molecular weight excluding hydrogens is 520 g/mol. The van der Waals surface area contributed by atoms with Crippen molar-refractivity contribution in [1.29, 1.82) is 0 Å². The molecule has 0 aliphatic carbocycles. The van der Waals surface area contributed by atoms with Crippen LogP contribution < -0.4 is 0 Å². The second-order valence-electron chi connectivity index (χ2n) is 12.0. The van der Waals surface area contributed by atoms with Gasteiger partial charge in [0.1, 0.15) is 6.10 Å². The first-order valence-corrected chi connectivity index (χ1v) is 18.0. The Morgan fingerprint density at radius 1 is 0.548 bits per heavy atom. The molecule has 0 aliphatic rings. The summed E-state index contributed by atoms with van der Waals surface area (Å²) in [6.45, 7) is 4.51. The van der Waals surface area contributed by atoms with Gasteiger partial charge in [0.25, 0.3) is 0 Å². The summed E-state index contributed by atoms with van der Waals surface area (Å²) in [7, 11) is 0. The Hall–Kier alpha value is -1.84. The van der Waals surface area contributed by atoms with E-state index in [4.69, 9.17) is 9.84 Å². The number of rotatable bonds is 32. The SMILES string of the molecule is CCCCCC/C=C\C/C=C\C(CCCCCCC(=O)O)OC(=O)CCCCCCC/C=C\CCCCCCCCC. The first kappa shape index (κ1) is 40.2. The van der Waals surface area contributed by atoms with E-state index in [-0.39, 0.29) is 18.5 Å². The third-order valence-corrected chi connectivity index (χ3v) is 7.82. The standard InChI is InChI=1S/C38H68O4/c1-3-5-7-9-11-13-14-15-16-17-18-19-21-23-25-31-35-38(41)42-36(33-29-26-27-30-34-37(39)40)32-28-24-22-20-12-10-8-6-4-2/h16-17,20,22,28,32,36H,3-15,18-19,21,23-27,29-31,33-35H2,1-2H3,(H,39,40)/b17-16-,22-20-,32-28-. The fourth-order valence-corrected chi connectivity index (χ4v) is 5.13. The molecule has 0 amide bonds. The van der Waals surface area contributed by atoms with Crippen molar-refractivity contribution in [3.8, 4) is 0 Å². The molecule has 244 valence electrons.